The van der Waals surface area contributed by atoms with Crippen LogP contribution in [0.3, 0.4) is 0 Å². The summed E-state index contributed by atoms with van der Waals surface area (Å²) in [4.78, 5) is 28.3. The first-order valence-electron chi connectivity index (χ1n) is 5.19. The van der Waals surface area contributed by atoms with Gasteiger partial charge in [0, 0.05) is 11.8 Å². The zero-order chi connectivity index (χ0) is 14.0. The molecule has 0 saturated carbocycles. The van der Waals surface area contributed by atoms with Crippen molar-refractivity contribution in [2.24, 2.45) is 0 Å². The summed E-state index contributed by atoms with van der Waals surface area (Å²) >= 11 is 0. The van der Waals surface area contributed by atoms with E-state index < -0.39 is 22.9 Å². The van der Waals surface area contributed by atoms with Crippen molar-refractivity contribution < 1.29 is 19.0 Å². The summed E-state index contributed by atoms with van der Waals surface area (Å²) in [7, 11) is 1.31. The van der Waals surface area contributed by atoms with Crippen molar-refractivity contribution >= 4 is 5.97 Å². The number of aromatic amines is 1. The third-order valence-corrected chi connectivity index (χ3v) is 2.45. The minimum absolute atomic E-state index is 0.00228. The predicted octanol–water partition coefficient (Wildman–Crippen LogP) is 1.28. The number of hydrogen-bond acceptors (Lipinski definition) is 4. The van der Waals surface area contributed by atoms with E-state index in [1.165, 1.54) is 25.3 Å². The molecule has 0 bridgehead atoms. The molecule has 1 heterocycles. The van der Waals surface area contributed by atoms with E-state index in [0.29, 0.717) is 5.56 Å². The second kappa shape index (κ2) is 4.89. The summed E-state index contributed by atoms with van der Waals surface area (Å²) in [6.45, 7) is 0. The van der Waals surface area contributed by atoms with Crippen molar-refractivity contribution in [1.29, 1.82) is 0 Å². The number of nitrogens with zero attached hydrogens (tertiary/aromatic N) is 1. The molecule has 0 atom stereocenters. The van der Waals surface area contributed by atoms with Crippen molar-refractivity contribution in [3.05, 3.63) is 46.1 Å². The summed E-state index contributed by atoms with van der Waals surface area (Å²) in [5.74, 6) is -1.77. The van der Waals surface area contributed by atoms with E-state index in [4.69, 9.17) is 9.84 Å². The molecule has 0 aliphatic carbocycles. The summed E-state index contributed by atoms with van der Waals surface area (Å²) in [6, 6.07) is 3.92. The van der Waals surface area contributed by atoms with E-state index in [-0.39, 0.29) is 11.6 Å². The number of carboxylic acids is 1. The Balaban J connectivity index is 2.51. The summed E-state index contributed by atoms with van der Waals surface area (Å²) in [5.41, 5.74) is -0.828. The number of carbonyl (C=O) groups is 1. The zero-order valence-corrected chi connectivity index (χ0v) is 9.81. The summed E-state index contributed by atoms with van der Waals surface area (Å²) < 4.78 is 18.1. The highest BCUT2D eigenvalue weighted by molar-refractivity contribution is 5.86. The van der Waals surface area contributed by atoms with E-state index in [1.807, 2.05) is 0 Å². The number of H-pyrrole nitrogens is 1. The Labute approximate surface area is 106 Å². The topological polar surface area (TPSA) is 92.3 Å². The lowest BCUT2D eigenvalue weighted by molar-refractivity contribution is 0.0694. The monoisotopic (exact) mass is 264 g/mol. The van der Waals surface area contributed by atoms with Gasteiger partial charge in [-0.1, -0.05) is 0 Å². The Morgan fingerprint density at radius 2 is 2.21 bits per heavy atom. The number of methoxy groups -OCH3 is 1. The van der Waals surface area contributed by atoms with Crippen LogP contribution in [-0.2, 0) is 0 Å². The lowest BCUT2D eigenvalue weighted by atomic mass is 10.2. The molecule has 6 nitrogen and oxygen atoms in total. The van der Waals surface area contributed by atoms with Gasteiger partial charge in [0.15, 0.2) is 11.6 Å². The van der Waals surface area contributed by atoms with Gasteiger partial charge in [0.2, 0.25) is 0 Å². The van der Waals surface area contributed by atoms with Crippen molar-refractivity contribution in [2.45, 2.75) is 0 Å². The standard InChI is InChI=1S/C12H9FN2O4/c1-19-9-4-6(2-3-8(9)13)10-14-5-7(12(17)18)11(16)15-10/h2-5H,1H3,(H,17,18)(H,14,15,16). The van der Waals surface area contributed by atoms with Gasteiger partial charge in [-0.15, -0.1) is 0 Å². The molecule has 1 aromatic carbocycles. The molecule has 1 aromatic heterocycles. The number of halogens is 1. The first-order chi connectivity index (χ1) is 9.02. The lowest BCUT2D eigenvalue weighted by Crippen LogP contribution is -2.18. The van der Waals surface area contributed by atoms with Crippen LogP contribution in [0, 0.1) is 5.82 Å². The molecule has 0 unspecified atom stereocenters. The van der Waals surface area contributed by atoms with Gasteiger partial charge < -0.3 is 14.8 Å². The number of rotatable bonds is 3. The quantitative estimate of drug-likeness (QED) is 0.871. The van der Waals surface area contributed by atoms with E-state index in [9.17, 15) is 14.0 Å². The lowest BCUT2D eigenvalue weighted by Gasteiger charge is -2.05. The van der Waals surface area contributed by atoms with E-state index >= 15 is 0 Å². The Hall–Kier alpha value is -2.70. The second-order valence-electron chi connectivity index (χ2n) is 3.63. The first-order valence-corrected chi connectivity index (χ1v) is 5.19. The van der Waals surface area contributed by atoms with Crippen molar-refractivity contribution in [2.75, 3.05) is 7.11 Å². The molecular weight excluding hydrogens is 255 g/mol. The third kappa shape index (κ3) is 2.44. The largest absolute Gasteiger partial charge is 0.494 e. The highest BCUT2D eigenvalue weighted by Gasteiger charge is 2.12. The van der Waals surface area contributed by atoms with Gasteiger partial charge in [-0.3, -0.25) is 4.79 Å². The molecule has 0 aliphatic heterocycles. The van der Waals surface area contributed by atoms with Crippen molar-refractivity contribution in [1.82, 2.24) is 9.97 Å². The van der Waals surface area contributed by atoms with Gasteiger partial charge in [0.25, 0.3) is 5.56 Å². The molecule has 0 spiro atoms. The van der Waals surface area contributed by atoms with Gasteiger partial charge in [0.05, 0.1) is 7.11 Å². The summed E-state index contributed by atoms with van der Waals surface area (Å²) in [5, 5.41) is 8.72. The SMILES string of the molecule is COc1cc(-c2ncc(C(=O)O)c(=O)[nH]2)ccc1F. The zero-order valence-electron chi connectivity index (χ0n) is 9.81. The van der Waals surface area contributed by atoms with Gasteiger partial charge in [-0.25, -0.2) is 14.2 Å². The number of aromatic nitrogens is 2. The normalized spacial score (nSPS) is 10.2. The molecule has 0 fully saturated rings. The number of benzene rings is 1. The molecule has 0 amide bonds. The highest BCUT2D eigenvalue weighted by Crippen LogP contribution is 2.23. The molecule has 7 heteroatoms. The van der Waals surface area contributed by atoms with E-state index in [2.05, 4.69) is 9.97 Å². The van der Waals surface area contributed by atoms with Crippen molar-refractivity contribution in [3.63, 3.8) is 0 Å². The molecule has 19 heavy (non-hydrogen) atoms. The minimum Gasteiger partial charge on any atom is -0.494 e. The molecule has 2 N–H and O–H groups in total. The molecule has 2 aromatic rings. The predicted molar refractivity (Wildman–Crippen MR) is 63.8 cm³/mol. The molecule has 2 rings (SSSR count). The molecule has 98 valence electrons. The maximum absolute atomic E-state index is 13.2. The number of nitrogens with one attached hydrogen (secondary N) is 1. The van der Waals surface area contributed by atoms with Crippen LogP contribution in [0.1, 0.15) is 10.4 Å². The summed E-state index contributed by atoms with van der Waals surface area (Å²) in [6.07, 6.45) is 0.951. The fourth-order valence-corrected chi connectivity index (χ4v) is 1.50. The second-order valence-corrected chi connectivity index (χ2v) is 3.63. The van der Waals surface area contributed by atoms with Gasteiger partial charge in [-0.05, 0) is 18.2 Å². The average Bonchev–Trinajstić information content (AvgIpc) is 2.38. The Bertz CT molecular complexity index is 696. The van der Waals surface area contributed by atoms with Crippen LogP contribution in [0.25, 0.3) is 11.4 Å². The number of aromatic carboxylic acids is 1. The average molecular weight is 264 g/mol. The van der Waals surface area contributed by atoms with Crippen molar-refractivity contribution in [3.8, 4) is 17.1 Å². The Morgan fingerprint density at radius 3 is 2.79 bits per heavy atom. The minimum atomic E-state index is -1.36. The van der Waals surface area contributed by atoms with Gasteiger partial charge in [-0.2, -0.15) is 0 Å². The molecule has 0 radical (unpaired) electrons. The molecule has 0 saturated heterocycles. The van der Waals surface area contributed by atoms with Crippen LogP contribution in [-0.4, -0.2) is 28.2 Å². The van der Waals surface area contributed by atoms with Crippen LogP contribution in [0.2, 0.25) is 0 Å². The van der Waals surface area contributed by atoms with Crippen LogP contribution >= 0.6 is 0 Å². The maximum Gasteiger partial charge on any atom is 0.342 e. The number of carboxylic acid groups (broad SMARTS) is 1. The van der Waals surface area contributed by atoms with Crippen LogP contribution in [0.4, 0.5) is 4.39 Å². The number of hydrogen-bond donors (Lipinski definition) is 2. The Morgan fingerprint density at radius 1 is 1.47 bits per heavy atom. The van der Waals surface area contributed by atoms with Crippen LogP contribution in [0.15, 0.2) is 29.2 Å². The van der Waals surface area contributed by atoms with E-state index in [1.54, 1.807) is 0 Å². The third-order valence-electron chi connectivity index (χ3n) is 2.45. The highest BCUT2D eigenvalue weighted by atomic mass is 19.1. The number of ether oxygens (including phenoxy) is 1. The maximum atomic E-state index is 13.2. The smallest absolute Gasteiger partial charge is 0.342 e. The molecule has 0 aliphatic rings. The van der Waals surface area contributed by atoms with Crippen LogP contribution in [0.5, 0.6) is 5.75 Å². The first kappa shape index (κ1) is 12.7. The van der Waals surface area contributed by atoms with Gasteiger partial charge in [0.1, 0.15) is 11.4 Å². The Kier molecular flexibility index (Phi) is 3.28. The van der Waals surface area contributed by atoms with Crippen LogP contribution < -0.4 is 10.3 Å². The fourth-order valence-electron chi connectivity index (χ4n) is 1.50. The van der Waals surface area contributed by atoms with Gasteiger partial charge >= 0.3 is 5.97 Å². The fraction of sp³-hybridized carbons (Fsp3) is 0.0833. The molecular formula is C12H9FN2O4. The van der Waals surface area contributed by atoms with E-state index in [0.717, 1.165) is 6.20 Å².